The summed E-state index contributed by atoms with van der Waals surface area (Å²) in [4.78, 5) is 12.2. The zero-order valence-electron chi connectivity index (χ0n) is 19.7. The molecule has 168 valence electrons. The fourth-order valence-electron chi connectivity index (χ4n) is 10.2. The topological polar surface area (TPSA) is 38.3 Å². The van der Waals surface area contributed by atoms with Crippen molar-refractivity contribution in [3.8, 4) is 0 Å². The number of carbonyl (C=O) groups is 1. The summed E-state index contributed by atoms with van der Waals surface area (Å²) < 4.78 is 7.00. The fourth-order valence-corrected chi connectivity index (χ4v) is 10.2. The van der Waals surface area contributed by atoms with E-state index in [1.54, 1.807) is 0 Å². The summed E-state index contributed by atoms with van der Waals surface area (Å²) in [5.74, 6) is 5.89. The highest BCUT2D eigenvalue weighted by Gasteiger charge is 2.68. The third kappa shape index (κ3) is 2.54. The van der Waals surface area contributed by atoms with E-state index < -0.39 is 0 Å². The van der Waals surface area contributed by atoms with E-state index in [9.17, 15) is 4.79 Å². The minimum Gasteiger partial charge on any atom is -0.357 e. The van der Waals surface area contributed by atoms with Crippen LogP contribution in [-0.4, -0.2) is 24.2 Å². The molecule has 30 heavy (non-hydrogen) atoms. The van der Waals surface area contributed by atoms with Gasteiger partial charge in [0.05, 0.1) is 6.10 Å². The predicted octanol–water partition coefficient (Wildman–Crippen LogP) is 5.58. The van der Waals surface area contributed by atoms with Crippen molar-refractivity contribution in [3.05, 3.63) is 0 Å². The van der Waals surface area contributed by atoms with E-state index in [0.29, 0.717) is 34.6 Å². The second-order valence-electron chi connectivity index (χ2n) is 13.1. The average Bonchev–Trinajstić information content (AvgIpc) is 3.16. The van der Waals surface area contributed by atoms with Gasteiger partial charge in [-0.3, -0.25) is 10.1 Å². The monoisotopic (exact) mass is 413 g/mol. The summed E-state index contributed by atoms with van der Waals surface area (Å²) in [6, 6.07) is 0. The Bertz CT molecular complexity index is 726. The lowest BCUT2D eigenvalue weighted by Gasteiger charge is -2.60. The van der Waals surface area contributed by atoms with Gasteiger partial charge in [-0.25, -0.2) is 0 Å². The summed E-state index contributed by atoms with van der Waals surface area (Å²) in [5.41, 5.74) is 0.831. The molecule has 0 amide bonds. The second-order valence-corrected chi connectivity index (χ2v) is 13.1. The minimum atomic E-state index is -0.0416. The molecule has 6 rings (SSSR count). The van der Waals surface area contributed by atoms with Crippen LogP contribution in [0, 0.1) is 52.3 Å². The van der Waals surface area contributed by atoms with Gasteiger partial charge < -0.3 is 4.74 Å². The maximum Gasteiger partial charge on any atom is 0.133 e. The Morgan fingerprint density at radius 1 is 0.967 bits per heavy atom. The van der Waals surface area contributed by atoms with Crippen LogP contribution in [0.15, 0.2) is 0 Å². The number of hydrogen-bond donors (Lipinski definition) is 1. The molecule has 2 heterocycles. The Morgan fingerprint density at radius 2 is 1.80 bits per heavy atom. The van der Waals surface area contributed by atoms with Gasteiger partial charge in [0.1, 0.15) is 11.5 Å². The van der Waals surface area contributed by atoms with E-state index in [-0.39, 0.29) is 5.72 Å². The van der Waals surface area contributed by atoms with Crippen molar-refractivity contribution >= 4 is 5.78 Å². The first-order valence-corrected chi connectivity index (χ1v) is 13.2. The van der Waals surface area contributed by atoms with Crippen molar-refractivity contribution < 1.29 is 9.53 Å². The standard InChI is InChI=1S/C27H43NO2/c1-16-7-12-27(28-15-16)17(2)24-23(30-27)14-22-20-6-5-18-13-19(29)8-10-25(18,3)21(20)9-11-26(22,24)4/h16-18,20-24,28H,5-15H2,1-4H3/t16-,17-,18?,20+,21?,22?,23?,24?,25-,26-,27-/m0/s1. The first-order chi connectivity index (χ1) is 14.3. The van der Waals surface area contributed by atoms with Gasteiger partial charge in [0.2, 0.25) is 0 Å². The molecular formula is C27H43NO2. The zero-order chi connectivity index (χ0) is 20.9. The van der Waals surface area contributed by atoms with Crippen molar-refractivity contribution in [2.24, 2.45) is 52.3 Å². The molecule has 1 spiro atoms. The van der Waals surface area contributed by atoms with Gasteiger partial charge in [0.15, 0.2) is 0 Å². The minimum absolute atomic E-state index is 0.0416. The van der Waals surface area contributed by atoms with Crippen molar-refractivity contribution in [2.75, 3.05) is 6.54 Å². The van der Waals surface area contributed by atoms with Gasteiger partial charge in [0, 0.05) is 25.3 Å². The maximum absolute atomic E-state index is 12.2. The quantitative estimate of drug-likeness (QED) is 0.564. The molecule has 2 saturated heterocycles. The molecule has 11 atom stereocenters. The number of rotatable bonds is 0. The summed E-state index contributed by atoms with van der Waals surface area (Å²) in [5, 5.41) is 3.88. The van der Waals surface area contributed by atoms with Crippen LogP contribution in [0.3, 0.4) is 0 Å². The van der Waals surface area contributed by atoms with Gasteiger partial charge in [-0.05, 0) is 97.7 Å². The van der Waals surface area contributed by atoms with Gasteiger partial charge in [-0.1, -0.05) is 27.7 Å². The molecule has 3 heteroatoms. The van der Waals surface area contributed by atoms with E-state index in [0.717, 1.165) is 55.4 Å². The molecule has 2 aliphatic heterocycles. The molecule has 0 radical (unpaired) electrons. The Labute approximate surface area is 183 Å². The van der Waals surface area contributed by atoms with Gasteiger partial charge >= 0.3 is 0 Å². The molecular weight excluding hydrogens is 370 g/mol. The largest absolute Gasteiger partial charge is 0.357 e. The zero-order valence-corrected chi connectivity index (χ0v) is 19.7. The normalized spacial score (nSPS) is 60.1. The van der Waals surface area contributed by atoms with Crippen molar-refractivity contribution in [3.63, 3.8) is 0 Å². The van der Waals surface area contributed by atoms with Crippen LogP contribution in [0.2, 0.25) is 0 Å². The Morgan fingerprint density at radius 3 is 2.57 bits per heavy atom. The Kier molecular flexibility index (Phi) is 4.42. The molecule has 0 aromatic rings. The van der Waals surface area contributed by atoms with Crippen molar-refractivity contribution in [1.82, 2.24) is 5.32 Å². The van der Waals surface area contributed by atoms with E-state index >= 15 is 0 Å². The smallest absolute Gasteiger partial charge is 0.133 e. The number of hydrogen-bond acceptors (Lipinski definition) is 3. The predicted molar refractivity (Wildman–Crippen MR) is 119 cm³/mol. The van der Waals surface area contributed by atoms with Crippen molar-refractivity contribution in [1.29, 1.82) is 0 Å². The highest BCUT2D eigenvalue weighted by atomic mass is 16.5. The van der Waals surface area contributed by atoms with Gasteiger partial charge in [0.25, 0.3) is 0 Å². The van der Waals surface area contributed by atoms with Crippen LogP contribution in [-0.2, 0) is 9.53 Å². The molecule has 4 aliphatic carbocycles. The maximum atomic E-state index is 12.2. The average molecular weight is 414 g/mol. The Hall–Kier alpha value is -0.410. The number of carbonyl (C=O) groups excluding carboxylic acids is 1. The number of ketones is 1. The number of Topliss-reactive ketones (excluding diaryl/α,β-unsaturated/α-hetero) is 1. The number of fused-ring (bicyclic) bond motifs is 7. The SMILES string of the molecule is C[C@H]1CC[C@]2(NC1)OC1CC3[C@@H]4CCC5CC(=O)CC[C@]5(C)C4CC[C@]3(C)C1[C@@H]2C. The van der Waals surface area contributed by atoms with E-state index in [1.807, 2.05) is 0 Å². The van der Waals surface area contributed by atoms with Crippen LogP contribution in [0.5, 0.6) is 0 Å². The lowest BCUT2D eigenvalue weighted by atomic mass is 9.44. The van der Waals surface area contributed by atoms with Gasteiger partial charge in [-0.2, -0.15) is 0 Å². The molecule has 5 unspecified atom stereocenters. The van der Waals surface area contributed by atoms with E-state index in [1.165, 1.54) is 44.9 Å². The molecule has 6 aliphatic rings. The molecule has 1 N–H and O–H groups in total. The first kappa shape index (κ1) is 20.2. The van der Waals surface area contributed by atoms with Gasteiger partial charge in [-0.15, -0.1) is 0 Å². The number of ether oxygens (including phenoxy) is 1. The fraction of sp³-hybridized carbons (Fsp3) is 0.963. The summed E-state index contributed by atoms with van der Waals surface area (Å²) >= 11 is 0. The summed E-state index contributed by atoms with van der Waals surface area (Å²) in [6.45, 7) is 11.2. The van der Waals surface area contributed by atoms with E-state index in [2.05, 4.69) is 33.0 Å². The van der Waals surface area contributed by atoms with Crippen molar-refractivity contribution in [2.45, 2.75) is 104 Å². The van der Waals surface area contributed by atoms with E-state index in [4.69, 9.17) is 4.74 Å². The van der Waals surface area contributed by atoms with Crippen LogP contribution < -0.4 is 5.32 Å². The van der Waals surface area contributed by atoms with Crippen LogP contribution >= 0.6 is 0 Å². The molecule has 0 bridgehead atoms. The number of piperidine rings is 1. The highest BCUT2D eigenvalue weighted by molar-refractivity contribution is 5.79. The second kappa shape index (κ2) is 6.56. The molecule has 4 saturated carbocycles. The van der Waals surface area contributed by atoms with Crippen LogP contribution in [0.1, 0.15) is 91.9 Å². The lowest BCUT2D eigenvalue weighted by molar-refractivity contribution is -0.144. The first-order valence-electron chi connectivity index (χ1n) is 13.2. The van der Waals surface area contributed by atoms with Crippen LogP contribution in [0.4, 0.5) is 0 Å². The van der Waals surface area contributed by atoms with Crippen LogP contribution in [0.25, 0.3) is 0 Å². The summed E-state index contributed by atoms with van der Waals surface area (Å²) in [6.07, 6.45) is 12.6. The lowest BCUT2D eigenvalue weighted by Crippen LogP contribution is -2.57. The molecule has 0 aromatic carbocycles. The Balaban J connectivity index is 1.26. The number of nitrogens with one attached hydrogen (secondary N) is 1. The third-order valence-corrected chi connectivity index (χ3v) is 12.0. The molecule has 3 nitrogen and oxygen atoms in total. The summed E-state index contributed by atoms with van der Waals surface area (Å²) in [7, 11) is 0. The third-order valence-electron chi connectivity index (χ3n) is 12.0. The molecule has 6 fully saturated rings. The highest BCUT2D eigenvalue weighted by Crippen LogP contribution is 2.70. The molecule has 0 aromatic heterocycles.